The van der Waals surface area contributed by atoms with Crippen molar-refractivity contribution in [2.24, 2.45) is 0 Å². The molecule has 2 amide bonds. The van der Waals surface area contributed by atoms with Gasteiger partial charge < -0.3 is 24.4 Å². The molecule has 48 heavy (non-hydrogen) atoms. The summed E-state index contributed by atoms with van der Waals surface area (Å²) in [5.41, 5.74) is 1.52. The molecule has 0 aromatic heterocycles. The van der Waals surface area contributed by atoms with Crippen LogP contribution in [0.2, 0.25) is 10.0 Å². The van der Waals surface area contributed by atoms with Gasteiger partial charge in [0.25, 0.3) is 10.0 Å². The summed E-state index contributed by atoms with van der Waals surface area (Å²) < 4.78 is 46.1. The Labute approximate surface area is 291 Å². The summed E-state index contributed by atoms with van der Waals surface area (Å²) in [6.07, 6.45) is 0.176. The van der Waals surface area contributed by atoms with Crippen LogP contribution in [0.25, 0.3) is 0 Å². The Morgan fingerprint density at radius 3 is 2.02 bits per heavy atom. The molecular weight excluding hydrogens is 677 g/mol. The number of nitrogens with one attached hydrogen (secondary N) is 1. The van der Waals surface area contributed by atoms with Crippen LogP contribution in [0, 0.1) is 0 Å². The van der Waals surface area contributed by atoms with Crippen LogP contribution in [0.3, 0.4) is 0 Å². The fraction of sp³-hybridized carbons (Fsp3) is 0.257. The van der Waals surface area contributed by atoms with E-state index in [1.54, 1.807) is 37.3 Å². The number of ether oxygens (including phenoxy) is 3. The molecule has 0 heterocycles. The quantitative estimate of drug-likeness (QED) is 0.161. The number of carbonyl (C=O) groups excluding carboxylic acids is 2. The van der Waals surface area contributed by atoms with Crippen molar-refractivity contribution < 1.29 is 32.2 Å². The van der Waals surface area contributed by atoms with Gasteiger partial charge in [0.15, 0.2) is 11.5 Å². The van der Waals surface area contributed by atoms with E-state index in [1.165, 1.54) is 56.6 Å². The Morgan fingerprint density at radius 1 is 0.771 bits per heavy atom. The van der Waals surface area contributed by atoms with Gasteiger partial charge in [-0.15, -0.1) is 0 Å². The lowest BCUT2D eigenvalue weighted by atomic mass is 10.0. The molecule has 4 rings (SSSR count). The number of hydrogen-bond donors (Lipinski definition) is 1. The molecule has 0 aliphatic carbocycles. The van der Waals surface area contributed by atoms with Gasteiger partial charge in [-0.05, 0) is 60.5 Å². The van der Waals surface area contributed by atoms with Crippen molar-refractivity contribution in [1.82, 2.24) is 10.2 Å². The summed E-state index contributed by atoms with van der Waals surface area (Å²) in [7, 11) is -0.286. The third-order valence-corrected chi connectivity index (χ3v) is 9.76. The maximum Gasteiger partial charge on any atom is 0.265 e. The molecular formula is C35H37Cl2N3O7S. The number of likely N-dealkylation sites (N-methyl/N-ethyl adjacent to an activating group) is 1. The zero-order valence-electron chi connectivity index (χ0n) is 27.0. The SMILES string of the molecule is CCNC(=O)[C@H](Cc1ccccc1)N(Cc1ccc(Cl)cc1)C(=O)CN(c1cc(Cl)ccc1OC)S(=O)(=O)c1ccc(OC)c(OC)c1. The van der Waals surface area contributed by atoms with E-state index in [0.717, 1.165) is 9.87 Å². The van der Waals surface area contributed by atoms with E-state index < -0.39 is 34.4 Å². The van der Waals surface area contributed by atoms with Crippen LogP contribution in [0.4, 0.5) is 5.69 Å². The van der Waals surface area contributed by atoms with Gasteiger partial charge in [-0.3, -0.25) is 13.9 Å². The zero-order chi connectivity index (χ0) is 34.8. The Morgan fingerprint density at radius 2 is 1.40 bits per heavy atom. The molecule has 0 fully saturated rings. The number of halogens is 2. The van der Waals surface area contributed by atoms with Gasteiger partial charge in [-0.2, -0.15) is 0 Å². The second kappa shape index (κ2) is 16.6. The molecule has 0 saturated heterocycles. The number of anilines is 1. The topological polar surface area (TPSA) is 114 Å². The molecule has 1 N–H and O–H groups in total. The second-order valence-corrected chi connectivity index (χ2v) is 13.3. The van der Waals surface area contributed by atoms with Crippen molar-refractivity contribution in [2.75, 3.05) is 38.7 Å². The minimum absolute atomic E-state index is 0.0123. The minimum Gasteiger partial charge on any atom is -0.495 e. The van der Waals surface area contributed by atoms with Gasteiger partial charge in [0, 0.05) is 35.6 Å². The summed E-state index contributed by atoms with van der Waals surface area (Å²) in [6, 6.07) is 23.7. The fourth-order valence-corrected chi connectivity index (χ4v) is 6.83. The fourth-order valence-electron chi connectivity index (χ4n) is 5.11. The van der Waals surface area contributed by atoms with E-state index in [2.05, 4.69) is 5.32 Å². The first-order valence-electron chi connectivity index (χ1n) is 15.0. The number of rotatable bonds is 15. The van der Waals surface area contributed by atoms with E-state index in [0.29, 0.717) is 22.9 Å². The van der Waals surface area contributed by atoms with Crippen molar-refractivity contribution in [3.63, 3.8) is 0 Å². The summed E-state index contributed by atoms with van der Waals surface area (Å²) in [5.74, 6) is -0.391. The van der Waals surface area contributed by atoms with Gasteiger partial charge in [-0.1, -0.05) is 65.7 Å². The number of sulfonamides is 1. The molecule has 0 unspecified atom stereocenters. The van der Waals surface area contributed by atoms with Crippen molar-refractivity contribution in [2.45, 2.75) is 30.8 Å². The van der Waals surface area contributed by atoms with E-state index in [4.69, 9.17) is 37.4 Å². The van der Waals surface area contributed by atoms with Crippen LogP contribution in [0.5, 0.6) is 17.2 Å². The van der Waals surface area contributed by atoms with Gasteiger partial charge in [-0.25, -0.2) is 8.42 Å². The van der Waals surface area contributed by atoms with Gasteiger partial charge in [0.1, 0.15) is 18.3 Å². The Bertz CT molecular complexity index is 1820. The van der Waals surface area contributed by atoms with Gasteiger partial charge in [0.2, 0.25) is 11.8 Å². The predicted molar refractivity (Wildman–Crippen MR) is 187 cm³/mol. The van der Waals surface area contributed by atoms with E-state index >= 15 is 0 Å². The maximum atomic E-state index is 14.6. The molecule has 4 aromatic carbocycles. The number of hydrogen-bond acceptors (Lipinski definition) is 7. The number of carbonyl (C=O) groups is 2. The highest BCUT2D eigenvalue weighted by Crippen LogP contribution is 2.37. The predicted octanol–water partition coefficient (Wildman–Crippen LogP) is 5.99. The number of amides is 2. The van der Waals surface area contributed by atoms with Crippen molar-refractivity contribution >= 4 is 50.7 Å². The molecule has 13 heteroatoms. The molecule has 0 bridgehead atoms. The average molecular weight is 715 g/mol. The Kier molecular flexibility index (Phi) is 12.6. The monoisotopic (exact) mass is 713 g/mol. The molecule has 0 aliphatic rings. The molecule has 254 valence electrons. The number of methoxy groups -OCH3 is 3. The largest absolute Gasteiger partial charge is 0.495 e. The van der Waals surface area contributed by atoms with Gasteiger partial charge in [0.05, 0.1) is 31.9 Å². The summed E-state index contributed by atoms with van der Waals surface area (Å²) in [4.78, 5) is 29.5. The summed E-state index contributed by atoms with van der Waals surface area (Å²) >= 11 is 12.5. The Balaban J connectivity index is 1.87. The van der Waals surface area contributed by atoms with Gasteiger partial charge >= 0.3 is 0 Å². The lowest BCUT2D eigenvalue weighted by Gasteiger charge is -2.34. The smallest absolute Gasteiger partial charge is 0.265 e. The van der Waals surface area contributed by atoms with Crippen molar-refractivity contribution in [3.8, 4) is 17.2 Å². The van der Waals surface area contributed by atoms with Crippen LogP contribution in [0.1, 0.15) is 18.1 Å². The number of nitrogens with zero attached hydrogens (tertiary/aromatic N) is 2. The van der Waals surface area contributed by atoms with E-state index in [-0.39, 0.29) is 40.1 Å². The zero-order valence-corrected chi connectivity index (χ0v) is 29.3. The van der Waals surface area contributed by atoms with Crippen LogP contribution in [-0.2, 0) is 32.6 Å². The highest BCUT2D eigenvalue weighted by atomic mass is 35.5. The molecule has 0 radical (unpaired) electrons. The first-order chi connectivity index (χ1) is 23.0. The normalized spacial score (nSPS) is 11.7. The Hall–Kier alpha value is -4.45. The van der Waals surface area contributed by atoms with E-state index in [9.17, 15) is 18.0 Å². The van der Waals surface area contributed by atoms with Crippen LogP contribution in [-0.4, -0.2) is 65.6 Å². The highest BCUT2D eigenvalue weighted by Gasteiger charge is 2.36. The standard InChI is InChI=1S/C35H37Cl2N3O7S/c1-5-38-35(42)30(19-24-9-7-6-8-10-24)39(22-25-11-13-26(36)14-12-25)34(41)23-40(29-20-27(37)15-17-31(29)45-2)48(43,44)28-16-18-32(46-3)33(21-28)47-4/h6-18,20-21,30H,5,19,22-23H2,1-4H3,(H,38,42)/t30-/m0/s1. The van der Waals surface area contributed by atoms with Crippen LogP contribution in [0.15, 0.2) is 95.9 Å². The summed E-state index contributed by atoms with van der Waals surface area (Å²) in [5, 5.41) is 3.55. The molecule has 0 spiro atoms. The molecule has 10 nitrogen and oxygen atoms in total. The molecule has 1 atom stereocenters. The minimum atomic E-state index is -4.49. The highest BCUT2D eigenvalue weighted by molar-refractivity contribution is 7.92. The first kappa shape index (κ1) is 36.4. The van der Waals surface area contributed by atoms with Crippen LogP contribution >= 0.6 is 23.2 Å². The third kappa shape index (κ3) is 8.71. The maximum absolute atomic E-state index is 14.6. The van der Waals surface area contributed by atoms with Crippen LogP contribution < -0.4 is 23.8 Å². The third-order valence-electron chi connectivity index (χ3n) is 7.52. The molecule has 0 aliphatic heterocycles. The molecule has 4 aromatic rings. The first-order valence-corrected chi connectivity index (χ1v) is 17.2. The lowest BCUT2D eigenvalue weighted by molar-refractivity contribution is -0.140. The average Bonchev–Trinajstić information content (AvgIpc) is 3.09. The van der Waals surface area contributed by atoms with E-state index in [1.807, 2.05) is 30.3 Å². The second-order valence-electron chi connectivity index (χ2n) is 10.6. The van der Waals surface area contributed by atoms with Crippen molar-refractivity contribution in [1.29, 1.82) is 0 Å². The summed E-state index contributed by atoms with van der Waals surface area (Å²) in [6.45, 7) is 1.39. The number of benzene rings is 4. The molecule has 0 saturated carbocycles. The van der Waals surface area contributed by atoms with Crippen molar-refractivity contribution in [3.05, 3.63) is 112 Å². The lowest BCUT2D eigenvalue weighted by Crippen LogP contribution is -2.53.